The van der Waals surface area contributed by atoms with Gasteiger partial charge in [-0.1, -0.05) is 6.07 Å². The Morgan fingerprint density at radius 2 is 1.92 bits per heavy atom. The number of hydrogen-bond acceptors (Lipinski definition) is 6. The molecule has 2 aromatic rings. The molecule has 8 heteroatoms. The molecular formula is C16H13N3O5. The van der Waals surface area contributed by atoms with Crippen molar-refractivity contribution in [3.05, 3.63) is 69.8 Å². The van der Waals surface area contributed by atoms with Gasteiger partial charge in [-0.05, 0) is 35.9 Å². The van der Waals surface area contributed by atoms with Crippen LogP contribution >= 0.6 is 0 Å². The molecule has 0 radical (unpaired) electrons. The zero-order chi connectivity index (χ0) is 17.5. The van der Waals surface area contributed by atoms with Crippen LogP contribution in [0.3, 0.4) is 0 Å². The highest BCUT2D eigenvalue weighted by atomic mass is 16.6. The maximum Gasteiger partial charge on any atom is 0.308 e. The van der Waals surface area contributed by atoms with E-state index in [1.807, 2.05) is 0 Å². The molecule has 24 heavy (non-hydrogen) atoms. The van der Waals surface area contributed by atoms with Gasteiger partial charge >= 0.3 is 5.97 Å². The van der Waals surface area contributed by atoms with Crippen molar-refractivity contribution in [2.75, 3.05) is 0 Å². The number of nitrogens with zero attached hydrogens (tertiary/aromatic N) is 2. The lowest BCUT2D eigenvalue weighted by molar-refractivity contribution is -0.384. The average Bonchev–Trinajstić information content (AvgIpc) is 2.56. The first-order valence-electron chi connectivity index (χ1n) is 6.82. The topological polar surface area (TPSA) is 111 Å². The van der Waals surface area contributed by atoms with Crippen molar-refractivity contribution in [3.8, 4) is 5.75 Å². The van der Waals surface area contributed by atoms with Crippen LogP contribution in [-0.2, 0) is 4.79 Å². The van der Waals surface area contributed by atoms with Gasteiger partial charge in [0, 0.05) is 24.6 Å². The van der Waals surface area contributed by atoms with Gasteiger partial charge in [0.15, 0.2) is 0 Å². The summed E-state index contributed by atoms with van der Waals surface area (Å²) in [6.45, 7) is 1.30. The fraction of sp³-hybridized carbons (Fsp3) is 0.0625. The molecule has 1 N–H and O–H groups in total. The van der Waals surface area contributed by atoms with Crippen LogP contribution in [0.5, 0.6) is 5.75 Å². The van der Waals surface area contributed by atoms with E-state index in [4.69, 9.17) is 4.74 Å². The number of amides is 1. The number of hydrogen-bond donors (Lipinski definition) is 1. The molecule has 0 spiro atoms. The smallest absolute Gasteiger partial charge is 0.308 e. The molecule has 2 rings (SSSR count). The third kappa shape index (κ3) is 4.73. The molecule has 0 unspecified atom stereocenters. The lowest BCUT2D eigenvalue weighted by Crippen LogP contribution is -2.17. The molecule has 0 bridgehead atoms. The Bertz CT molecular complexity index is 800. The number of nitrogens with one attached hydrogen (secondary N) is 1. The minimum atomic E-state index is -0.579. The summed E-state index contributed by atoms with van der Waals surface area (Å²) >= 11 is 0. The number of ether oxygens (including phenoxy) is 1. The van der Waals surface area contributed by atoms with Crippen LogP contribution in [0.2, 0.25) is 0 Å². The largest absolute Gasteiger partial charge is 0.427 e. The zero-order valence-electron chi connectivity index (χ0n) is 12.6. The van der Waals surface area contributed by atoms with E-state index in [2.05, 4.69) is 10.5 Å². The van der Waals surface area contributed by atoms with E-state index in [-0.39, 0.29) is 11.3 Å². The molecule has 0 saturated carbocycles. The van der Waals surface area contributed by atoms with Crippen molar-refractivity contribution in [1.29, 1.82) is 0 Å². The monoisotopic (exact) mass is 327 g/mol. The quantitative estimate of drug-likeness (QED) is 0.298. The van der Waals surface area contributed by atoms with Crippen LogP contribution in [0.25, 0.3) is 0 Å². The molecule has 0 aliphatic heterocycles. The lowest BCUT2D eigenvalue weighted by atomic mass is 10.2. The molecule has 0 saturated heterocycles. The van der Waals surface area contributed by atoms with Crippen LogP contribution in [0.4, 0.5) is 5.69 Å². The van der Waals surface area contributed by atoms with Crippen molar-refractivity contribution < 1.29 is 19.2 Å². The van der Waals surface area contributed by atoms with Gasteiger partial charge < -0.3 is 4.74 Å². The molecule has 0 heterocycles. The van der Waals surface area contributed by atoms with E-state index in [1.54, 1.807) is 24.3 Å². The molecule has 1 amide bonds. The van der Waals surface area contributed by atoms with Crippen LogP contribution in [-0.4, -0.2) is 23.0 Å². The third-order valence-electron chi connectivity index (χ3n) is 2.84. The van der Waals surface area contributed by atoms with E-state index in [0.717, 1.165) is 0 Å². The number of rotatable bonds is 5. The summed E-state index contributed by atoms with van der Waals surface area (Å²) in [5, 5.41) is 14.5. The lowest BCUT2D eigenvalue weighted by Gasteiger charge is -2.01. The molecule has 0 aliphatic carbocycles. The summed E-state index contributed by atoms with van der Waals surface area (Å²) in [6.07, 6.45) is 1.40. The number of esters is 1. The predicted octanol–water partition coefficient (Wildman–Crippen LogP) is 2.28. The highest BCUT2D eigenvalue weighted by Gasteiger charge is 2.10. The summed E-state index contributed by atoms with van der Waals surface area (Å²) < 4.78 is 4.89. The second-order valence-corrected chi connectivity index (χ2v) is 4.67. The normalized spacial score (nSPS) is 10.4. The van der Waals surface area contributed by atoms with E-state index in [1.165, 1.54) is 37.4 Å². The van der Waals surface area contributed by atoms with Gasteiger partial charge in [0.1, 0.15) is 5.75 Å². The van der Waals surface area contributed by atoms with Crippen LogP contribution in [0.15, 0.2) is 53.6 Å². The number of hydrazone groups is 1. The van der Waals surface area contributed by atoms with Gasteiger partial charge in [-0.15, -0.1) is 0 Å². The summed E-state index contributed by atoms with van der Waals surface area (Å²) in [7, 11) is 0. The first-order chi connectivity index (χ1) is 11.5. The van der Waals surface area contributed by atoms with Gasteiger partial charge in [-0.3, -0.25) is 19.7 Å². The van der Waals surface area contributed by atoms with E-state index < -0.39 is 16.8 Å². The van der Waals surface area contributed by atoms with Crippen molar-refractivity contribution in [2.24, 2.45) is 5.10 Å². The summed E-state index contributed by atoms with van der Waals surface area (Å²) in [5.41, 5.74) is 2.91. The number of carbonyl (C=O) groups excluding carboxylic acids is 2. The highest BCUT2D eigenvalue weighted by molar-refractivity contribution is 5.95. The number of nitro benzene ring substituents is 1. The minimum Gasteiger partial charge on any atom is -0.427 e. The number of carbonyl (C=O) groups is 2. The molecule has 0 aromatic heterocycles. The minimum absolute atomic E-state index is 0.131. The maximum atomic E-state index is 11.9. The van der Waals surface area contributed by atoms with Gasteiger partial charge in [0.2, 0.25) is 0 Å². The first kappa shape index (κ1) is 16.8. The Hall–Kier alpha value is -3.55. The van der Waals surface area contributed by atoms with Crippen molar-refractivity contribution in [1.82, 2.24) is 5.43 Å². The van der Waals surface area contributed by atoms with Crippen molar-refractivity contribution in [3.63, 3.8) is 0 Å². The second-order valence-electron chi connectivity index (χ2n) is 4.67. The third-order valence-corrected chi connectivity index (χ3v) is 2.84. The van der Waals surface area contributed by atoms with Gasteiger partial charge in [0.25, 0.3) is 11.6 Å². The fourth-order valence-corrected chi connectivity index (χ4v) is 1.78. The molecule has 0 atom stereocenters. The van der Waals surface area contributed by atoms with Crippen LogP contribution < -0.4 is 10.2 Å². The molecule has 122 valence electrons. The molecule has 0 fully saturated rings. The van der Waals surface area contributed by atoms with Gasteiger partial charge in [0.05, 0.1) is 11.1 Å². The zero-order valence-corrected chi connectivity index (χ0v) is 12.6. The SMILES string of the molecule is CC(=O)Oc1ccc(/C=N/NC(=O)c2cccc([N+](=O)[O-])c2)cc1. The standard InChI is InChI=1S/C16H13N3O5/c1-11(20)24-15-7-5-12(6-8-15)10-17-18-16(21)13-3-2-4-14(9-13)19(22)23/h2-10H,1H3,(H,18,21)/b17-10+. The second kappa shape index (κ2) is 7.63. The Balaban J connectivity index is 1.98. The van der Waals surface area contributed by atoms with Crippen LogP contribution in [0, 0.1) is 10.1 Å². The van der Waals surface area contributed by atoms with Crippen molar-refractivity contribution in [2.45, 2.75) is 6.92 Å². The van der Waals surface area contributed by atoms with Crippen molar-refractivity contribution >= 4 is 23.8 Å². The molecule has 0 aliphatic rings. The Labute approximate surface area is 136 Å². The van der Waals surface area contributed by atoms with E-state index >= 15 is 0 Å². The summed E-state index contributed by atoms with van der Waals surface area (Å²) in [4.78, 5) is 32.8. The molecule has 2 aromatic carbocycles. The Morgan fingerprint density at radius 3 is 2.54 bits per heavy atom. The van der Waals surface area contributed by atoms with E-state index in [9.17, 15) is 19.7 Å². The first-order valence-corrected chi connectivity index (χ1v) is 6.82. The summed E-state index contributed by atoms with van der Waals surface area (Å²) in [6, 6.07) is 11.8. The predicted molar refractivity (Wildman–Crippen MR) is 85.9 cm³/mol. The molecule has 8 nitrogen and oxygen atoms in total. The highest BCUT2D eigenvalue weighted by Crippen LogP contribution is 2.13. The van der Waals surface area contributed by atoms with Gasteiger partial charge in [-0.2, -0.15) is 5.10 Å². The van der Waals surface area contributed by atoms with E-state index in [0.29, 0.717) is 11.3 Å². The number of nitro groups is 1. The van der Waals surface area contributed by atoms with Gasteiger partial charge in [-0.25, -0.2) is 5.43 Å². The Morgan fingerprint density at radius 1 is 1.21 bits per heavy atom. The average molecular weight is 327 g/mol. The summed E-state index contributed by atoms with van der Waals surface area (Å²) in [5.74, 6) is -0.576. The van der Waals surface area contributed by atoms with Crippen LogP contribution in [0.1, 0.15) is 22.8 Å². The Kier molecular flexibility index (Phi) is 5.35. The fourth-order valence-electron chi connectivity index (χ4n) is 1.78. The molecular weight excluding hydrogens is 314 g/mol. The maximum absolute atomic E-state index is 11.9. The number of non-ortho nitro benzene ring substituents is 1. The number of benzene rings is 2.